The third-order valence-corrected chi connectivity index (χ3v) is 2.80. The van der Waals surface area contributed by atoms with Crippen LogP contribution in [-0.2, 0) is 0 Å². The van der Waals surface area contributed by atoms with Crippen LogP contribution in [0.2, 0.25) is 0 Å². The molecule has 1 atom stereocenters. The van der Waals surface area contributed by atoms with Gasteiger partial charge in [-0.3, -0.25) is 10.1 Å². The Morgan fingerprint density at radius 2 is 2.11 bits per heavy atom. The van der Waals surface area contributed by atoms with Crippen LogP contribution in [0, 0.1) is 10.1 Å². The molecular formula is C12H20ClN3O3. The number of nitrogens with zero attached hydrogens (tertiary/aromatic N) is 1. The van der Waals surface area contributed by atoms with Gasteiger partial charge in [0.2, 0.25) is 0 Å². The lowest BCUT2D eigenvalue weighted by molar-refractivity contribution is -0.385. The number of halogens is 1. The Morgan fingerprint density at radius 1 is 1.42 bits per heavy atom. The Hall–Kier alpha value is -1.37. The van der Waals surface area contributed by atoms with Crippen LogP contribution < -0.4 is 16.2 Å². The number of methoxy groups -OCH3 is 1. The Kier molecular flexibility index (Phi) is 8.06. The zero-order chi connectivity index (χ0) is 13.5. The average molecular weight is 290 g/mol. The van der Waals surface area contributed by atoms with Crippen LogP contribution in [0.1, 0.15) is 30.9 Å². The molecule has 0 amide bonds. The van der Waals surface area contributed by atoms with Crippen molar-refractivity contribution < 1.29 is 9.66 Å². The van der Waals surface area contributed by atoms with E-state index < -0.39 is 4.92 Å². The zero-order valence-corrected chi connectivity index (χ0v) is 11.7. The summed E-state index contributed by atoms with van der Waals surface area (Å²) < 4.78 is 4.94. The first-order valence-electron chi connectivity index (χ1n) is 5.88. The molecular weight excluding hydrogens is 270 g/mol. The summed E-state index contributed by atoms with van der Waals surface area (Å²) in [6.45, 7) is 0.634. The van der Waals surface area contributed by atoms with Gasteiger partial charge in [0.15, 0.2) is 5.75 Å². The second kappa shape index (κ2) is 8.68. The van der Waals surface area contributed by atoms with E-state index in [2.05, 4.69) is 0 Å². The van der Waals surface area contributed by atoms with Crippen LogP contribution in [0.15, 0.2) is 18.2 Å². The van der Waals surface area contributed by atoms with Gasteiger partial charge in [-0.1, -0.05) is 12.5 Å². The number of nitrogens with two attached hydrogens (primary N) is 2. The molecule has 19 heavy (non-hydrogen) atoms. The molecule has 4 N–H and O–H groups in total. The second-order valence-corrected chi connectivity index (χ2v) is 4.08. The summed E-state index contributed by atoms with van der Waals surface area (Å²) in [5.41, 5.74) is 12.1. The number of hydrogen-bond donors (Lipinski definition) is 2. The summed E-state index contributed by atoms with van der Waals surface area (Å²) >= 11 is 0. The van der Waals surface area contributed by atoms with Crippen molar-refractivity contribution in [3.8, 4) is 5.75 Å². The molecule has 0 fully saturated rings. The topological polar surface area (TPSA) is 104 Å². The van der Waals surface area contributed by atoms with Crippen molar-refractivity contribution in [2.45, 2.75) is 25.3 Å². The molecule has 108 valence electrons. The van der Waals surface area contributed by atoms with E-state index in [1.165, 1.54) is 13.2 Å². The van der Waals surface area contributed by atoms with Crippen molar-refractivity contribution in [2.75, 3.05) is 13.7 Å². The standard InChI is InChI=1S/C12H19N3O3.ClH/c1-18-12-6-5-9(8-11(12)15(16)17)10(14)4-2-3-7-13;/h5-6,8,10H,2-4,7,13-14H2,1H3;1H/t10-;/m1./s1. The van der Waals surface area contributed by atoms with Crippen molar-refractivity contribution in [2.24, 2.45) is 11.5 Å². The molecule has 0 radical (unpaired) electrons. The molecule has 1 aromatic carbocycles. The molecule has 0 bridgehead atoms. The largest absolute Gasteiger partial charge is 0.490 e. The molecule has 0 unspecified atom stereocenters. The Morgan fingerprint density at radius 3 is 2.63 bits per heavy atom. The first-order chi connectivity index (χ1) is 8.60. The van der Waals surface area contributed by atoms with Crippen molar-refractivity contribution in [1.29, 1.82) is 0 Å². The smallest absolute Gasteiger partial charge is 0.311 e. The maximum Gasteiger partial charge on any atom is 0.311 e. The van der Waals surface area contributed by atoms with Gasteiger partial charge in [-0.2, -0.15) is 0 Å². The number of ether oxygens (including phenoxy) is 1. The van der Waals surface area contributed by atoms with Crippen molar-refractivity contribution in [3.63, 3.8) is 0 Å². The fourth-order valence-electron chi connectivity index (χ4n) is 1.76. The molecule has 1 aromatic rings. The van der Waals surface area contributed by atoms with Crippen molar-refractivity contribution in [1.82, 2.24) is 0 Å². The van der Waals surface area contributed by atoms with Gasteiger partial charge >= 0.3 is 5.69 Å². The van der Waals surface area contributed by atoms with E-state index in [0.29, 0.717) is 6.54 Å². The fourth-order valence-corrected chi connectivity index (χ4v) is 1.76. The normalized spacial score (nSPS) is 11.5. The van der Waals surface area contributed by atoms with Crippen LogP contribution in [0.5, 0.6) is 5.75 Å². The molecule has 0 saturated heterocycles. The maximum absolute atomic E-state index is 10.9. The molecule has 0 aliphatic carbocycles. The predicted molar refractivity (Wildman–Crippen MR) is 76.7 cm³/mol. The van der Waals surface area contributed by atoms with E-state index in [9.17, 15) is 10.1 Å². The van der Waals surface area contributed by atoms with Gasteiger partial charge in [-0.05, 0) is 31.0 Å². The van der Waals surface area contributed by atoms with Gasteiger partial charge in [0.25, 0.3) is 0 Å². The molecule has 0 heterocycles. The lowest BCUT2D eigenvalue weighted by atomic mass is 10.0. The first-order valence-corrected chi connectivity index (χ1v) is 5.88. The third kappa shape index (κ3) is 5.02. The van der Waals surface area contributed by atoms with E-state index in [4.69, 9.17) is 16.2 Å². The van der Waals surface area contributed by atoms with Crippen LogP contribution in [0.25, 0.3) is 0 Å². The van der Waals surface area contributed by atoms with Crippen molar-refractivity contribution in [3.05, 3.63) is 33.9 Å². The summed E-state index contributed by atoms with van der Waals surface area (Å²) in [6.07, 6.45) is 2.59. The Bertz CT molecular complexity index is 415. The zero-order valence-electron chi connectivity index (χ0n) is 10.9. The molecule has 0 saturated carbocycles. The minimum absolute atomic E-state index is 0. The molecule has 0 aromatic heterocycles. The highest BCUT2D eigenvalue weighted by molar-refractivity contribution is 5.85. The summed E-state index contributed by atoms with van der Waals surface area (Å²) in [5.74, 6) is 0.248. The predicted octanol–water partition coefficient (Wildman–Crippen LogP) is 2.15. The monoisotopic (exact) mass is 289 g/mol. The van der Waals surface area contributed by atoms with E-state index in [0.717, 1.165) is 24.8 Å². The third-order valence-electron chi connectivity index (χ3n) is 2.80. The van der Waals surface area contributed by atoms with Crippen LogP contribution in [-0.4, -0.2) is 18.6 Å². The second-order valence-electron chi connectivity index (χ2n) is 4.08. The number of nitro groups is 1. The SMILES string of the molecule is COc1ccc([C@H](N)CCCCN)cc1[N+](=O)[O-].Cl. The highest BCUT2D eigenvalue weighted by Crippen LogP contribution is 2.30. The maximum atomic E-state index is 10.9. The number of unbranched alkanes of at least 4 members (excludes halogenated alkanes) is 1. The van der Waals surface area contributed by atoms with E-state index in [-0.39, 0.29) is 29.9 Å². The van der Waals surface area contributed by atoms with E-state index in [1.807, 2.05) is 0 Å². The van der Waals surface area contributed by atoms with E-state index >= 15 is 0 Å². The van der Waals surface area contributed by atoms with Crippen LogP contribution in [0.3, 0.4) is 0 Å². The Labute approximate surface area is 118 Å². The molecule has 7 heteroatoms. The number of benzene rings is 1. The van der Waals surface area contributed by atoms with Gasteiger partial charge < -0.3 is 16.2 Å². The quantitative estimate of drug-likeness (QED) is 0.454. The lowest BCUT2D eigenvalue weighted by Gasteiger charge is -2.12. The summed E-state index contributed by atoms with van der Waals surface area (Å²) in [5, 5.41) is 10.9. The van der Waals surface area contributed by atoms with E-state index in [1.54, 1.807) is 12.1 Å². The minimum Gasteiger partial charge on any atom is -0.490 e. The highest BCUT2D eigenvalue weighted by atomic mass is 35.5. The van der Waals surface area contributed by atoms with Gasteiger partial charge in [0, 0.05) is 12.1 Å². The van der Waals surface area contributed by atoms with Gasteiger partial charge in [-0.15, -0.1) is 12.4 Å². The average Bonchev–Trinajstić information content (AvgIpc) is 2.38. The molecule has 0 aliphatic rings. The number of nitro benzene ring substituents is 1. The highest BCUT2D eigenvalue weighted by Gasteiger charge is 2.17. The summed E-state index contributed by atoms with van der Waals surface area (Å²) in [7, 11) is 1.41. The summed E-state index contributed by atoms with van der Waals surface area (Å²) in [6, 6.07) is 4.61. The Balaban J connectivity index is 0.00000324. The van der Waals surface area contributed by atoms with Gasteiger partial charge in [0.1, 0.15) is 0 Å². The van der Waals surface area contributed by atoms with Gasteiger partial charge in [-0.25, -0.2) is 0 Å². The molecule has 0 aliphatic heterocycles. The van der Waals surface area contributed by atoms with Crippen LogP contribution in [0.4, 0.5) is 5.69 Å². The molecule has 0 spiro atoms. The number of hydrogen-bond acceptors (Lipinski definition) is 5. The molecule has 6 nitrogen and oxygen atoms in total. The molecule has 1 rings (SSSR count). The fraction of sp³-hybridized carbons (Fsp3) is 0.500. The number of rotatable bonds is 7. The lowest BCUT2D eigenvalue weighted by Crippen LogP contribution is -2.11. The summed E-state index contributed by atoms with van der Waals surface area (Å²) in [4.78, 5) is 10.4. The minimum atomic E-state index is -0.463. The van der Waals surface area contributed by atoms with Gasteiger partial charge in [0.05, 0.1) is 12.0 Å². The van der Waals surface area contributed by atoms with Crippen molar-refractivity contribution >= 4 is 18.1 Å². The van der Waals surface area contributed by atoms with Crippen LogP contribution >= 0.6 is 12.4 Å². The first kappa shape index (κ1) is 17.6.